The van der Waals surface area contributed by atoms with E-state index in [-0.39, 0.29) is 18.0 Å². The second-order valence-electron chi connectivity index (χ2n) is 6.96. The first-order valence-electron chi connectivity index (χ1n) is 9.18. The van der Waals surface area contributed by atoms with Crippen LogP contribution in [0.15, 0.2) is 42.5 Å². The Morgan fingerprint density at radius 3 is 2.69 bits per heavy atom. The molecule has 2 amide bonds. The molecule has 5 heteroatoms. The van der Waals surface area contributed by atoms with Crippen molar-refractivity contribution in [2.24, 2.45) is 0 Å². The molecule has 0 spiro atoms. The van der Waals surface area contributed by atoms with Gasteiger partial charge in [0, 0.05) is 24.3 Å². The average Bonchev–Trinajstić information content (AvgIpc) is 3.13. The topological polar surface area (TPSA) is 52.7 Å². The van der Waals surface area contributed by atoms with E-state index >= 15 is 0 Å². The molecule has 4 rings (SSSR count). The van der Waals surface area contributed by atoms with E-state index in [0.717, 1.165) is 42.9 Å². The van der Waals surface area contributed by atoms with E-state index in [4.69, 9.17) is 0 Å². The molecule has 0 radical (unpaired) electrons. The lowest BCUT2D eigenvalue weighted by molar-refractivity contribution is 0.0715. The summed E-state index contributed by atoms with van der Waals surface area (Å²) in [6.45, 7) is 5.73. The van der Waals surface area contributed by atoms with Crippen molar-refractivity contribution in [1.29, 1.82) is 0 Å². The quantitative estimate of drug-likeness (QED) is 0.920. The first-order valence-corrected chi connectivity index (χ1v) is 9.18. The van der Waals surface area contributed by atoms with Crippen LogP contribution in [0.3, 0.4) is 0 Å². The highest BCUT2D eigenvalue weighted by Gasteiger charge is 2.39. The smallest absolute Gasteiger partial charge is 0.257 e. The molecule has 1 N–H and O–H groups in total. The molecule has 1 fully saturated rings. The number of anilines is 2. The Balaban J connectivity index is 1.65. The summed E-state index contributed by atoms with van der Waals surface area (Å²) >= 11 is 0. The Bertz CT molecular complexity index is 860. The number of carbonyl (C=O) groups is 2. The highest BCUT2D eigenvalue weighted by atomic mass is 16.2. The predicted molar refractivity (Wildman–Crippen MR) is 103 cm³/mol. The van der Waals surface area contributed by atoms with Gasteiger partial charge in [-0.1, -0.05) is 17.7 Å². The van der Waals surface area contributed by atoms with Crippen LogP contribution in [0.25, 0.3) is 0 Å². The summed E-state index contributed by atoms with van der Waals surface area (Å²) in [4.78, 5) is 29.6. The highest BCUT2D eigenvalue weighted by molar-refractivity contribution is 6.08. The Kier molecular flexibility index (Phi) is 4.15. The van der Waals surface area contributed by atoms with Gasteiger partial charge in [0.25, 0.3) is 11.8 Å². The van der Waals surface area contributed by atoms with Gasteiger partial charge >= 0.3 is 0 Å². The molecule has 0 saturated carbocycles. The summed E-state index contributed by atoms with van der Waals surface area (Å²) in [5, 5.41) is 2.93. The van der Waals surface area contributed by atoms with E-state index in [9.17, 15) is 9.59 Å². The Labute approximate surface area is 153 Å². The Morgan fingerprint density at radius 2 is 1.96 bits per heavy atom. The molecule has 2 aliphatic rings. The van der Waals surface area contributed by atoms with Crippen LogP contribution in [0, 0.1) is 6.92 Å². The number of hydrogen-bond donors (Lipinski definition) is 1. The molecular weight excluding hydrogens is 326 g/mol. The number of rotatable bonds is 3. The molecule has 0 aromatic heterocycles. The maximum Gasteiger partial charge on any atom is 0.257 e. The number of benzene rings is 2. The van der Waals surface area contributed by atoms with E-state index in [0.29, 0.717) is 11.1 Å². The number of nitrogens with one attached hydrogen (secondary N) is 1. The molecule has 1 unspecified atom stereocenters. The standard InChI is InChI=1S/C21H23N3O2/c1-3-23-18-13-15(20(25)22-16-9-6-14(2)7-10-16)8-11-17(18)21(26)24-12-4-5-19(23)24/h6-11,13,19H,3-5,12H2,1-2H3,(H,22,25). The zero-order valence-electron chi connectivity index (χ0n) is 15.2. The zero-order chi connectivity index (χ0) is 18.3. The van der Waals surface area contributed by atoms with Crippen molar-refractivity contribution in [3.8, 4) is 0 Å². The van der Waals surface area contributed by atoms with Gasteiger partial charge in [0.05, 0.1) is 11.3 Å². The van der Waals surface area contributed by atoms with Gasteiger partial charge in [0.15, 0.2) is 0 Å². The molecule has 2 heterocycles. The Morgan fingerprint density at radius 1 is 1.19 bits per heavy atom. The predicted octanol–water partition coefficient (Wildman–Crippen LogP) is 3.65. The van der Waals surface area contributed by atoms with Gasteiger partial charge in [0.1, 0.15) is 6.17 Å². The summed E-state index contributed by atoms with van der Waals surface area (Å²) in [6, 6.07) is 13.1. The summed E-state index contributed by atoms with van der Waals surface area (Å²) in [5.41, 5.74) is 4.05. The third-order valence-corrected chi connectivity index (χ3v) is 5.29. The van der Waals surface area contributed by atoms with Crippen molar-refractivity contribution in [2.75, 3.05) is 23.3 Å². The molecule has 5 nitrogen and oxygen atoms in total. The van der Waals surface area contributed by atoms with Crippen molar-refractivity contribution in [2.45, 2.75) is 32.9 Å². The summed E-state index contributed by atoms with van der Waals surface area (Å²) < 4.78 is 0. The molecule has 0 bridgehead atoms. The SMILES string of the molecule is CCN1c2cc(C(=O)Nc3ccc(C)cc3)ccc2C(=O)N2CCCC21. The fraction of sp³-hybridized carbons (Fsp3) is 0.333. The lowest BCUT2D eigenvalue weighted by Gasteiger charge is -2.41. The van der Waals surface area contributed by atoms with Gasteiger partial charge in [-0.2, -0.15) is 0 Å². The van der Waals surface area contributed by atoms with Crippen LogP contribution in [0.2, 0.25) is 0 Å². The van der Waals surface area contributed by atoms with Crippen molar-refractivity contribution in [3.63, 3.8) is 0 Å². The van der Waals surface area contributed by atoms with Gasteiger partial charge in [-0.3, -0.25) is 9.59 Å². The second kappa shape index (κ2) is 6.48. The van der Waals surface area contributed by atoms with Crippen LogP contribution in [0.4, 0.5) is 11.4 Å². The molecule has 2 aromatic rings. The lowest BCUT2D eigenvalue weighted by atomic mass is 10.0. The minimum absolute atomic E-state index is 0.0812. The molecule has 2 aliphatic heterocycles. The van der Waals surface area contributed by atoms with E-state index in [2.05, 4.69) is 17.1 Å². The molecule has 1 atom stereocenters. The van der Waals surface area contributed by atoms with E-state index in [1.165, 1.54) is 0 Å². The number of aryl methyl sites for hydroxylation is 1. The maximum absolute atomic E-state index is 12.8. The van der Waals surface area contributed by atoms with Crippen molar-refractivity contribution >= 4 is 23.2 Å². The number of carbonyl (C=O) groups excluding carboxylic acids is 2. The highest BCUT2D eigenvalue weighted by Crippen LogP contribution is 2.36. The molecule has 134 valence electrons. The minimum atomic E-state index is -0.158. The van der Waals surface area contributed by atoms with Crippen LogP contribution >= 0.6 is 0 Å². The number of hydrogen-bond acceptors (Lipinski definition) is 3. The van der Waals surface area contributed by atoms with E-state index in [1.54, 1.807) is 12.1 Å². The number of nitrogens with zero attached hydrogens (tertiary/aromatic N) is 2. The third kappa shape index (κ3) is 2.73. The van der Waals surface area contributed by atoms with Crippen molar-refractivity contribution < 1.29 is 9.59 Å². The van der Waals surface area contributed by atoms with Gasteiger partial charge in [-0.05, 0) is 57.0 Å². The number of fused-ring (bicyclic) bond motifs is 2. The van der Waals surface area contributed by atoms with E-state index < -0.39 is 0 Å². The summed E-state index contributed by atoms with van der Waals surface area (Å²) in [7, 11) is 0. The largest absolute Gasteiger partial charge is 0.351 e. The maximum atomic E-state index is 12.8. The van der Waals surface area contributed by atoms with Crippen molar-refractivity contribution in [1.82, 2.24) is 4.90 Å². The fourth-order valence-corrected chi connectivity index (χ4v) is 3.94. The molecule has 1 saturated heterocycles. The normalized spacial score (nSPS) is 18.5. The van der Waals surface area contributed by atoms with Crippen LogP contribution in [-0.4, -0.2) is 36.0 Å². The van der Waals surface area contributed by atoms with Crippen molar-refractivity contribution in [3.05, 3.63) is 59.2 Å². The van der Waals surface area contributed by atoms with Gasteiger partial charge < -0.3 is 15.1 Å². The van der Waals surface area contributed by atoms with E-state index in [1.807, 2.05) is 42.2 Å². The second-order valence-corrected chi connectivity index (χ2v) is 6.96. The van der Waals surface area contributed by atoms with Gasteiger partial charge in [-0.25, -0.2) is 0 Å². The molecule has 0 aliphatic carbocycles. The molecule has 2 aromatic carbocycles. The lowest BCUT2D eigenvalue weighted by Crippen LogP contribution is -2.52. The average molecular weight is 349 g/mol. The van der Waals surface area contributed by atoms with Gasteiger partial charge in [0.2, 0.25) is 0 Å². The van der Waals surface area contributed by atoms with Crippen LogP contribution < -0.4 is 10.2 Å². The molecular formula is C21H23N3O2. The fourth-order valence-electron chi connectivity index (χ4n) is 3.94. The van der Waals surface area contributed by atoms with Crippen LogP contribution in [0.1, 0.15) is 46.0 Å². The van der Waals surface area contributed by atoms with Crippen LogP contribution in [-0.2, 0) is 0 Å². The zero-order valence-corrected chi connectivity index (χ0v) is 15.2. The first kappa shape index (κ1) is 16.6. The Hall–Kier alpha value is -2.82. The van der Waals surface area contributed by atoms with Crippen LogP contribution in [0.5, 0.6) is 0 Å². The van der Waals surface area contributed by atoms with Gasteiger partial charge in [-0.15, -0.1) is 0 Å². The summed E-state index contributed by atoms with van der Waals surface area (Å²) in [6.07, 6.45) is 2.14. The summed E-state index contributed by atoms with van der Waals surface area (Å²) in [5.74, 6) is -0.0771. The number of amides is 2. The third-order valence-electron chi connectivity index (χ3n) is 5.29. The minimum Gasteiger partial charge on any atom is -0.351 e. The monoisotopic (exact) mass is 349 g/mol. The molecule has 26 heavy (non-hydrogen) atoms. The first-order chi connectivity index (χ1) is 12.6.